The maximum atomic E-state index is 12.1. The number of carbonyl (C=O) groups is 2. The largest absolute Gasteiger partial charge is 0.482 e. The summed E-state index contributed by atoms with van der Waals surface area (Å²) >= 11 is 5.95. The van der Waals surface area contributed by atoms with Crippen molar-refractivity contribution in [3.8, 4) is 5.75 Å². The molecule has 1 aromatic carbocycles. The summed E-state index contributed by atoms with van der Waals surface area (Å²) in [6, 6.07) is 6.91. The molecule has 0 atom stereocenters. The van der Waals surface area contributed by atoms with Crippen molar-refractivity contribution in [2.45, 2.75) is 38.0 Å². The first-order valence-corrected chi connectivity index (χ1v) is 9.77. The maximum absolute atomic E-state index is 12.1. The van der Waals surface area contributed by atoms with Crippen LogP contribution in [-0.2, 0) is 4.79 Å². The average Bonchev–Trinajstić information content (AvgIpc) is 3.21. The number of rotatable bonds is 8. The van der Waals surface area contributed by atoms with Crippen molar-refractivity contribution in [1.82, 2.24) is 20.8 Å². The van der Waals surface area contributed by atoms with Gasteiger partial charge in [0.1, 0.15) is 5.75 Å². The van der Waals surface area contributed by atoms with Crippen LogP contribution in [0.1, 0.15) is 54.5 Å². The fraction of sp³-hybridized carbons (Fsp3) is 0.474. The van der Waals surface area contributed by atoms with Gasteiger partial charge in [0, 0.05) is 19.0 Å². The van der Waals surface area contributed by atoms with Gasteiger partial charge in [0.25, 0.3) is 5.91 Å². The van der Waals surface area contributed by atoms with Gasteiger partial charge < -0.3 is 19.9 Å². The van der Waals surface area contributed by atoms with Crippen molar-refractivity contribution < 1.29 is 18.8 Å². The van der Waals surface area contributed by atoms with Crippen LogP contribution in [-0.4, -0.2) is 41.7 Å². The molecule has 1 aliphatic rings. The number of nitrogens with zero attached hydrogens (tertiary/aromatic N) is 2. The molecule has 0 spiro atoms. The van der Waals surface area contributed by atoms with Crippen molar-refractivity contribution in [3.63, 3.8) is 0 Å². The van der Waals surface area contributed by atoms with Crippen molar-refractivity contribution in [3.05, 3.63) is 41.0 Å². The SMILES string of the molecule is O=C(COc1ccccc1Cl)NCCNC(=O)c1nc(C2CCCCC2)no1. The predicted molar refractivity (Wildman–Crippen MR) is 102 cm³/mol. The lowest BCUT2D eigenvalue weighted by Gasteiger charge is -2.17. The van der Waals surface area contributed by atoms with E-state index in [9.17, 15) is 9.59 Å². The number of ether oxygens (including phenoxy) is 1. The number of halogens is 1. The Hall–Kier alpha value is -2.61. The molecule has 9 heteroatoms. The zero-order chi connectivity index (χ0) is 19.8. The first-order chi connectivity index (χ1) is 13.6. The third-order valence-corrected chi connectivity index (χ3v) is 4.85. The van der Waals surface area contributed by atoms with E-state index in [1.54, 1.807) is 24.3 Å². The number of aromatic nitrogens is 2. The van der Waals surface area contributed by atoms with Gasteiger partial charge in [0.2, 0.25) is 0 Å². The van der Waals surface area contributed by atoms with Crippen molar-refractivity contribution >= 4 is 23.4 Å². The number of benzene rings is 1. The predicted octanol–water partition coefficient (Wildman–Crippen LogP) is 2.70. The Morgan fingerprint density at radius 1 is 1.14 bits per heavy atom. The van der Waals surface area contributed by atoms with Crippen molar-refractivity contribution in [2.24, 2.45) is 0 Å². The molecule has 150 valence electrons. The minimum atomic E-state index is -0.448. The van der Waals surface area contributed by atoms with Crippen molar-refractivity contribution in [1.29, 1.82) is 0 Å². The number of para-hydroxylation sites is 1. The smallest absolute Gasteiger partial charge is 0.315 e. The zero-order valence-electron chi connectivity index (χ0n) is 15.4. The Balaban J connectivity index is 1.34. The molecule has 8 nitrogen and oxygen atoms in total. The molecule has 0 unspecified atom stereocenters. The summed E-state index contributed by atoms with van der Waals surface area (Å²) in [4.78, 5) is 28.1. The number of carbonyl (C=O) groups excluding carboxylic acids is 2. The van der Waals surface area contributed by atoms with E-state index < -0.39 is 5.91 Å². The fourth-order valence-corrected chi connectivity index (χ4v) is 3.25. The van der Waals surface area contributed by atoms with Gasteiger partial charge in [-0.1, -0.05) is 48.2 Å². The molecule has 0 radical (unpaired) electrons. The van der Waals surface area contributed by atoms with E-state index in [2.05, 4.69) is 20.8 Å². The molecule has 0 saturated heterocycles. The molecule has 1 heterocycles. The van der Waals surface area contributed by atoms with Crippen LogP contribution in [0.4, 0.5) is 0 Å². The Kier molecular flexibility index (Phi) is 7.25. The van der Waals surface area contributed by atoms with Crippen LogP contribution < -0.4 is 15.4 Å². The molecular weight excluding hydrogens is 384 g/mol. The highest BCUT2D eigenvalue weighted by Crippen LogP contribution is 2.30. The second-order valence-electron chi connectivity index (χ2n) is 6.62. The Morgan fingerprint density at radius 2 is 1.89 bits per heavy atom. The molecule has 2 amide bonds. The lowest BCUT2D eigenvalue weighted by molar-refractivity contribution is -0.123. The molecule has 28 heavy (non-hydrogen) atoms. The fourth-order valence-electron chi connectivity index (χ4n) is 3.06. The maximum Gasteiger partial charge on any atom is 0.315 e. The lowest BCUT2D eigenvalue weighted by Crippen LogP contribution is -2.36. The standard InChI is InChI=1S/C19H23ClN4O4/c20-14-8-4-5-9-15(14)27-12-16(25)21-10-11-22-18(26)19-23-17(24-28-19)13-6-2-1-3-7-13/h4-5,8-9,13H,1-3,6-7,10-12H2,(H,21,25)(H,22,26). The normalized spacial score (nSPS) is 14.5. The van der Waals surface area contributed by atoms with Gasteiger partial charge in [-0.25, -0.2) is 0 Å². The van der Waals surface area contributed by atoms with Crippen LogP contribution >= 0.6 is 11.6 Å². The summed E-state index contributed by atoms with van der Waals surface area (Å²) in [6.45, 7) is 0.323. The molecule has 1 fully saturated rings. The van der Waals surface area contributed by atoms with Gasteiger partial charge in [0.05, 0.1) is 5.02 Å². The molecule has 3 rings (SSSR count). The molecule has 2 N–H and O–H groups in total. The highest BCUT2D eigenvalue weighted by atomic mass is 35.5. The average molecular weight is 407 g/mol. The molecule has 2 aromatic rings. The van der Waals surface area contributed by atoms with Gasteiger partial charge in [0.15, 0.2) is 12.4 Å². The zero-order valence-corrected chi connectivity index (χ0v) is 16.2. The summed E-state index contributed by atoms with van der Waals surface area (Å²) in [5.41, 5.74) is 0. The van der Waals surface area contributed by atoms with Crippen LogP contribution in [0.15, 0.2) is 28.8 Å². The minimum Gasteiger partial charge on any atom is -0.482 e. The number of nitrogens with one attached hydrogen (secondary N) is 2. The highest BCUT2D eigenvalue weighted by Gasteiger charge is 2.23. The number of amides is 2. The summed E-state index contributed by atoms with van der Waals surface area (Å²) in [5, 5.41) is 9.66. The molecule has 0 aliphatic heterocycles. The van der Waals surface area contributed by atoms with Crippen LogP contribution in [0, 0.1) is 0 Å². The quantitative estimate of drug-likeness (QED) is 0.653. The third-order valence-electron chi connectivity index (χ3n) is 4.53. The summed E-state index contributed by atoms with van der Waals surface area (Å²) in [5.74, 6) is 0.515. The second kappa shape index (κ2) is 10.1. The van der Waals surface area contributed by atoms with E-state index >= 15 is 0 Å². The van der Waals surface area contributed by atoms with E-state index in [0.29, 0.717) is 16.6 Å². The summed E-state index contributed by atoms with van der Waals surface area (Å²) in [6.07, 6.45) is 5.60. The van der Waals surface area contributed by atoms with E-state index in [4.69, 9.17) is 20.9 Å². The second-order valence-corrected chi connectivity index (χ2v) is 7.02. The highest BCUT2D eigenvalue weighted by molar-refractivity contribution is 6.32. The molecular formula is C19H23ClN4O4. The van der Waals surface area contributed by atoms with Crippen LogP contribution in [0.2, 0.25) is 5.02 Å². The van der Waals surface area contributed by atoms with Gasteiger partial charge in [-0.05, 0) is 25.0 Å². The molecule has 1 aromatic heterocycles. The summed E-state index contributed by atoms with van der Waals surface area (Å²) in [7, 11) is 0. The third kappa shape index (κ3) is 5.69. The first kappa shape index (κ1) is 20.1. The Morgan fingerprint density at radius 3 is 2.68 bits per heavy atom. The first-order valence-electron chi connectivity index (χ1n) is 9.39. The molecule has 0 bridgehead atoms. The van der Waals surface area contributed by atoms with Gasteiger partial charge in [-0.3, -0.25) is 9.59 Å². The topological polar surface area (TPSA) is 106 Å². The lowest BCUT2D eigenvalue weighted by atomic mass is 9.89. The van der Waals surface area contributed by atoms with E-state index in [-0.39, 0.29) is 37.4 Å². The summed E-state index contributed by atoms with van der Waals surface area (Å²) < 4.78 is 10.4. The monoisotopic (exact) mass is 406 g/mol. The molecule has 1 saturated carbocycles. The van der Waals surface area contributed by atoms with Crippen LogP contribution in [0.25, 0.3) is 0 Å². The van der Waals surface area contributed by atoms with E-state index in [1.165, 1.54) is 6.42 Å². The number of hydrogen-bond acceptors (Lipinski definition) is 6. The van der Waals surface area contributed by atoms with Gasteiger partial charge >= 0.3 is 11.8 Å². The Labute approximate surface area is 168 Å². The van der Waals surface area contributed by atoms with Gasteiger partial charge in [-0.2, -0.15) is 4.98 Å². The van der Waals surface area contributed by atoms with E-state index in [1.807, 2.05) is 0 Å². The molecule has 1 aliphatic carbocycles. The Bertz CT molecular complexity index is 805. The minimum absolute atomic E-state index is 0.0473. The van der Waals surface area contributed by atoms with E-state index in [0.717, 1.165) is 25.7 Å². The van der Waals surface area contributed by atoms with Crippen LogP contribution in [0.3, 0.4) is 0 Å². The van der Waals surface area contributed by atoms with Crippen LogP contribution in [0.5, 0.6) is 5.75 Å². The van der Waals surface area contributed by atoms with Gasteiger partial charge in [-0.15, -0.1) is 0 Å². The number of hydrogen-bond donors (Lipinski definition) is 2. The van der Waals surface area contributed by atoms with Crippen molar-refractivity contribution in [2.75, 3.05) is 19.7 Å².